The molecule has 0 spiro atoms. The molecule has 19 heavy (non-hydrogen) atoms. The average molecular weight is 282 g/mol. The van der Waals surface area contributed by atoms with Crippen LogP contribution >= 0.6 is 11.8 Å². The Labute approximate surface area is 117 Å². The fourth-order valence-corrected chi connectivity index (χ4v) is 1.93. The minimum Gasteiger partial charge on any atom is -0.497 e. The number of rotatable bonds is 6. The molecule has 0 heterocycles. The minimum atomic E-state index is -0.156. The van der Waals surface area contributed by atoms with Gasteiger partial charge in [0.15, 0.2) is 0 Å². The Morgan fingerprint density at radius 1 is 1.26 bits per heavy atom. The Balaban J connectivity index is 2.31. The van der Waals surface area contributed by atoms with E-state index in [9.17, 15) is 9.59 Å². The molecule has 0 aliphatic heterocycles. The summed E-state index contributed by atoms with van der Waals surface area (Å²) in [5, 5.41) is 2.58. The molecule has 0 atom stereocenters. The predicted octanol–water partition coefficient (Wildman–Crippen LogP) is 0.992. The highest BCUT2D eigenvalue weighted by molar-refractivity contribution is 8.00. The van der Waals surface area contributed by atoms with E-state index in [1.54, 1.807) is 21.2 Å². The number of nitrogens with one attached hydrogen (secondary N) is 1. The Bertz CT molecular complexity index is 432. The number of hydrogen-bond donors (Lipinski definition) is 1. The minimum absolute atomic E-state index is 0.0367. The van der Waals surface area contributed by atoms with Crippen LogP contribution < -0.4 is 10.1 Å². The summed E-state index contributed by atoms with van der Waals surface area (Å²) in [6, 6.07) is 7.47. The van der Waals surface area contributed by atoms with Crippen molar-refractivity contribution in [3.63, 3.8) is 0 Å². The summed E-state index contributed by atoms with van der Waals surface area (Å²) in [7, 11) is 4.92. The summed E-state index contributed by atoms with van der Waals surface area (Å²) in [5.74, 6) is 0.789. The normalized spacial score (nSPS) is 9.84. The van der Waals surface area contributed by atoms with Gasteiger partial charge >= 0.3 is 0 Å². The van der Waals surface area contributed by atoms with Crippen LogP contribution in [0.15, 0.2) is 29.2 Å². The SMILES string of the molecule is COc1ccc(SCC(=O)NCC(=O)N(C)C)cc1. The smallest absolute Gasteiger partial charge is 0.241 e. The molecule has 0 fully saturated rings. The number of carbonyl (C=O) groups excluding carboxylic acids is 2. The number of hydrogen-bond acceptors (Lipinski definition) is 4. The number of nitrogens with zero attached hydrogens (tertiary/aromatic N) is 1. The molecule has 0 saturated carbocycles. The largest absolute Gasteiger partial charge is 0.497 e. The fraction of sp³-hybridized carbons (Fsp3) is 0.385. The summed E-state index contributed by atoms with van der Waals surface area (Å²) in [4.78, 5) is 25.2. The van der Waals surface area contributed by atoms with Crippen LogP contribution in [0.1, 0.15) is 0 Å². The van der Waals surface area contributed by atoms with Crippen LogP contribution in [0.3, 0.4) is 0 Å². The van der Waals surface area contributed by atoms with Crippen molar-refractivity contribution in [3.8, 4) is 5.75 Å². The van der Waals surface area contributed by atoms with Gasteiger partial charge in [0.05, 0.1) is 19.4 Å². The van der Waals surface area contributed by atoms with Crippen molar-refractivity contribution >= 4 is 23.6 Å². The second-order valence-electron chi connectivity index (χ2n) is 4.03. The zero-order valence-electron chi connectivity index (χ0n) is 11.3. The van der Waals surface area contributed by atoms with Gasteiger partial charge in [0, 0.05) is 19.0 Å². The highest BCUT2D eigenvalue weighted by atomic mass is 32.2. The van der Waals surface area contributed by atoms with Crippen LogP contribution in [0.4, 0.5) is 0 Å². The Morgan fingerprint density at radius 3 is 2.42 bits per heavy atom. The van der Waals surface area contributed by atoms with E-state index >= 15 is 0 Å². The molecule has 5 nitrogen and oxygen atoms in total. The van der Waals surface area contributed by atoms with Gasteiger partial charge in [-0.3, -0.25) is 9.59 Å². The molecule has 1 aromatic rings. The van der Waals surface area contributed by atoms with Gasteiger partial charge < -0.3 is 15.0 Å². The highest BCUT2D eigenvalue weighted by Crippen LogP contribution is 2.20. The van der Waals surface area contributed by atoms with Crippen molar-refractivity contribution in [2.75, 3.05) is 33.5 Å². The first-order valence-electron chi connectivity index (χ1n) is 5.76. The lowest BCUT2D eigenvalue weighted by atomic mass is 10.3. The monoisotopic (exact) mass is 282 g/mol. The van der Waals surface area contributed by atoms with Crippen LogP contribution in [0.25, 0.3) is 0 Å². The van der Waals surface area contributed by atoms with E-state index in [-0.39, 0.29) is 24.1 Å². The van der Waals surface area contributed by atoms with Gasteiger partial charge in [0.2, 0.25) is 11.8 Å². The number of amides is 2. The standard InChI is InChI=1S/C13H18N2O3S/c1-15(2)13(17)8-14-12(16)9-19-11-6-4-10(18-3)5-7-11/h4-7H,8-9H2,1-3H3,(H,14,16). The molecule has 104 valence electrons. The molecule has 6 heteroatoms. The number of methoxy groups -OCH3 is 1. The van der Waals surface area contributed by atoms with Crippen LogP contribution in [0.2, 0.25) is 0 Å². The van der Waals surface area contributed by atoms with E-state index in [4.69, 9.17) is 4.74 Å². The van der Waals surface area contributed by atoms with Crippen LogP contribution in [-0.4, -0.2) is 50.2 Å². The van der Waals surface area contributed by atoms with Crippen molar-refractivity contribution in [3.05, 3.63) is 24.3 Å². The van der Waals surface area contributed by atoms with Gasteiger partial charge in [-0.1, -0.05) is 0 Å². The maximum absolute atomic E-state index is 11.5. The Morgan fingerprint density at radius 2 is 1.89 bits per heavy atom. The lowest BCUT2D eigenvalue weighted by Gasteiger charge is -2.10. The molecule has 0 saturated heterocycles. The number of benzene rings is 1. The molecule has 1 aromatic carbocycles. The molecule has 0 aliphatic carbocycles. The van der Waals surface area contributed by atoms with E-state index in [2.05, 4.69) is 5.32 Å². The zero-order valence-corrected chi connectivity index (χ0v) is 12.1. The fourth-order valence-electron chi connectivity index (χ4n) is 1.20. The van der Waals surface area contributed by atoms with Crippen LogP contribution in [0.5, 0.6) is 5.75 Å². The molecular formula is C13H18N2O3S. The van der Waals surface area contributed by atoms with Gasteiger partial charge in [-0.15, -0.1) is 11.8 Å². The third-order valence-electron chi connectivity index (χ3n) is 2.36. The Hall–Kier alpha value is -1.69. The molecule has 0 unspecified atom stereocenters. The quantitative estimate of drug-likeness (QED) is 0.791. The lowest BCUT2D eigenvalue weighted by Crippen LogP contribution is -2.36. The van der Waals surface area contributed by atoms with Crippen LogP contribution in [0, 0.1) is 0 Å². The molecule has 0 aromatic heterocycles. The van der Waals surface area contributed by atoms with Crippen molar-refractivity contribution in [2.45, 2.75) is 4.90 Å². The third-order valence-corrected chi connectivity index (χ3v) is 3.38. The first kappa shape index (κ1) is 15.4. The van der Waals surface area contributed by atoms with Crippen molar-refractivity contribution in [1.29, 1.82) is 0 Å². The number of carbonyl (C=O) groups is 2. The summed E-state index contributed by atoms with van der Waals surface area (Å²) in [5.41, 5.74) is 0. The number of likely N-dealkylation sites (N-methyl/N-ethyl adjacent to an activating group) is 1. The molecule has 1 N–H and O–H groups in total. The first-order valence-corrected chi connectivity index (χ1v) is 6.75. The maximum Gasteiger partial charge on any atom is 0.241 e. The summed E-state index contributed by atoms with van der Waals surface area (Å²) >= 11 is 1.42. The second kappa shape index (κ2) is 7.68. The predicted molar refractivity (Wildman–Crippen MR) is 75.4 cm³/mol. The molecule has 2 amide bonds. The van der Waals surface area contributed by atoms with E-state index < -0.39 is 0 Å². The summed E-state index contributed by atoms with van der Waals surface area (Å²) in [6.07, 6.45) is 0. The Kier molecular flexibility index (Phi) is 6.21. The second-order valence-corrected chi connectivity index (χ2v) is 5.08. The van der Waals surface area contributed by atoms with Crippen molar-refractivity contribution in [1.82, 2.24) is 10.2 Å². The highest BCUT2D eigenvalue weighted by Gasteiger charge is 2.07. The maximum atomic E-state index is 11.5. The van der Waals surface area contributed by atoms with Crippen molar-refractivity contribution < 1.29 is 14.3 Å². The zero-order chi connectivity index (χ0) is 14.3. The van der Waals surface area contributed by atoms with Gasteiger partial charge in [0.25, 0.3) is 0 Å². The van der Waals surface area contributed by atoms with Crippen LogP contribution in [-0.2, 0) is 9.59 Å². The molecule has 0 radical (unpaired) electrons. The van der Waals surface area contributed by atoms with Gasteiger partial charge in [-0.25, -0.2) is 0 Å². The average Bonchev–Trinajstić information content (AvgIpc) is 2.42. The topological polar surface area (TPSA) is 58.6 Å². The van der Waals surface area contributed by atoms with E-state index in [0.29, 0.717) is 0 Å². The molecule has 1 rings (SSSR count). The van der Waals surface area contributed by atoms with E-state index in [0.717, 1.165) is 10.6 Å². The number of ether oxygens (including phenoxy) is 1. The van der Waals surface area contributed by atoms with Crippen molar-refractivity contribution in [2.24, 2.45) is 0 Å². The molecule has 0 aliphatic rings. The van der Waals surface area contributed by atoms with E-state index in [1.165, 1.54) is 16.7 Å². The first-order chi connectivity index (χ1) is 9.02. The van der Waals surface area contributed by atoms with Gasteiger partial charge in [0.1, 0.15) is 5.75 Å². The lowest BCUT2D eigenvalue weighted by molar-refractivity contribution is -0.130. The van der Waals surface area contributed by atoms with Gasteiger partial charge in [-0.2, -0.15) is 0 Å². The van der Waals surface area contributed by atoms with E-state index in [1.807, 2.05) is 24.3 Å². The molecular weight excluding hydrogens is 264 g/mol. The van der Waals surface area contributed by atoms with Gasteiger partial charge in [-0.05, 0) is 24.3 Å². The third kappa shape index (κ3) is 5.65. The molecule has 0 bridgehead atoms. The summed E-state index contributed by atoms with van der Waals surface area (Å²) in [6.45, 7) is 0.0367. The number of thioether (sulfide) groups is 1. The summed E-state index contributed by atoms with van der Waals surface area (Å²) < 4.78 is 5.05.